The van der Waals surface area contributed by atoms with Crippen LogP contribution in [0.25, 0.3) is 0 Å². The minimum atomic E-state index is -0.338. The number of methoxy groups -OCH3 is 1. The summed E-state index contributed by atoms with van der Waals surface area (Å²) in [7, 11) is 1.66. The Hall–Kier alpha value is -1.47. The van der Waals surface area contributed by atoms with E-state index in [1.807, 2.05) is 24.3 Å². The molecule has 0 amide bonds. The van der Waals surface area contributed by atoms with Gasteiger partial charge >= 0.3 is 0 Å². The number of hydrogen-bond acceptors (Lipinski definition) is 4. The fraction of sp³-hybridized carbons (Fsp3) is 0.478. The van der Waals surface area contributed by atoms with Gasteiger partial charge in [-0.05, 0) is 78.0 Å². The molecule has 0 spiro atoms. The van der Waals surface area contributed by atoms with Crippen molar-refractivity contribution in [3.8, 4) is 5.75 Å². The van der Waals surface area contributed by atoms with Crippen molar-refractivity contribution in [1.29, 1.82) is 0 Å². The smallest absolute Gasteiger partial charge is 0.137 e. The van der Waals surface area contributed by atoms with Crippen LogP contribution < -0.4 is 4.74 Å². The SMILES string of the molecule is COc1ccc(CN2OC[C@@H]3C[C@@H](OC(C)C)C[C@@]32c2ccc(F)c(Br)c2)cc1. The van der Waals surface area contributed by atoms with E-state index in [4.69, 9.17) is 14.3 Å². The zero-order valence-electron chi connectivity index (χ0n) is 17.0. The molecule has 3 atom stereocenters. The number of hydroxylamine groups is 2. The van der Waals surface area contributed by atoms with Crippen molar-refractivity contribution in [3.63, 3.8) is 0 Å². The molecule has 0 N–H and O–H groups in total. The molecule has 2 fully saturated rings. The molecule has 29 heavy (non-hydrogen) atoms. The molecule has 0 radical (unpaired) electrons. The Kier molecular flexibility index (Phi) is 5.98. The first-order chi connectivity index (χ1) is 13.9. The van der Waals surface area contributed by atoms with E-state index in [1.54, 1.807) is 7.11 Å². The molecule has 1 saturated carbocycles. The molecule has 0 aromatic heterocycles. The maximum Gasteiger partial charge on any atom is 0.137 e. The predicted octanol–water partition coefficient (Wildman–Crippen LogP) is 5.44. The molecule has 2 aromatic rings. The molecule has 1 heterocycles. The first kappa shape index (κ1) is 20.8. The number of rotatable bonds is 6. The van der Waals surface area contributed by atoms with Gasteiger partial charge in [0.15, 0.2) is 0 Å². The molecule has 0 unspecified atom stereocenters. The molecule has 1 aliphatic heterocycles. The second-order valence-electron chi connectivity index (χ2n) is 8.18. The van der Waals surface area contributed by atoms with Crippen molar-refractivity contribution >= 4 is 15.9 Å². The Bertz CT molecular complexity index is 860. The van der Waals surface area contributed by atoms with Gasteiger partial charge in [0.1, 0.15) is 11.6 Å². The Morgan fingerprint density at radius 3 is 2.66 bits per heavy atom. The lowest BCUT2D eigenvalue weighted by Gasteiger charge is -2.37. The predicted molar refractivity (Wildman–Crippen MR) is 113 cm³/mol. The van der Waals surface area contributed by atoms with Crippen LogP contribution in [-0.4, -0.2) is 31.0 Å². The van der Waals surface area contributed by atoms with Gasteiger partial charge < -0.3 is 9.47 Å². The molecular weight excluding hydrogens is 437 g/mol. The summed E-state index contributed by atoms with van der Waals surface area (Å²) in [5, 5.41) is 2.09. The van der Waals surface area contributed by atoms with E-state index in [-0.39, 0.29) is 23.6 Å². The van der Waals surface area contributed by atoms with Crippen LogP contribution in [0.1, 0.15) is 37.8 Å². The topological polar surface area (TPSA) is 30.9 Å². The van der Waals surface area contributed by atoms with Crippen LogP contribution in [0.15, 0.2) is 46.9 Å². The Balaban J connectivity index is 1.68. The lowest BCUT2D eigenvalue weighted by molar-refractivity contribution is -0.182. The first-order valence-corrected chi connectivity index (χ1v) is 10.9. The highest BCUT2D eigenvalue weighted by Gasteiger charge is 2.57. The zero-order chi connectivity index (χ0) is 20.6. The standard InChI is InChI=1S/C23H27BrFNO3/c1-15(2)29-20-10-18-14-28-26(13-16-4-7-19(27-3)8-5-16)23(18,12-20)17-6-9-22(25)21(24)11-17/h4-9,11,15,18,20H,10,12-14H2,1-3H3/t18-,20+,23+/m0/s1. The lowest BCUT2D eigenvalue weighted by Crippen LogP contribution is -2.42. The van der Waals surface area contributed by atoms with Gasteiger partial charge in [0.2, 0.25) is 0 Å². The second kappa shape index (κ2) is 8.34. The largest absolute Gasteiger partial charge is 0.497 e. The average molecular weight is 464 g/mol. The third kappa shape index (κ3) is 3.96. The first-order valence-electron chi connectivity index (χ1n) is 10.1. The molecular formula is C23H27BrFNO3. The zero-order valence-corrected chi connectivity index (χ0v) is 18.6. The van der Waals surface area contributed by atoms with E-state index in [0.717, 1.165) is 29.7 Å². The molecule has 6 heteroatoms. The quantitative estimate of drug-likeness (QED) is 0.570. The number of halogens is 2. The lowest BCUT2D eigenvalue weighted by atomic mass is 9.81. The third-order valence-corrected chi connectivity index (χ3v) is 6.62. The summed E-state index contributed by atoms with van der Waals surface area (Å²) in [6.07, 6.45) is 2.09. The third-order valence-electron chi connectivity index (χ3n) is 6.01. The minimum absolute atomic E-state index is 0.158. The van der Waals surface area contributed by atoms with Gasteiger partial charge in [-0.3, -0.25) is 4.84 Å². The maximum atomic E-state index is 14.0. The van der Waals surface area contributed by atoms with E-state index >= 15 is 0 Å². The van der Waals surface area contributed by atoms with Crippen molar-refractivity contribution in [2.45, 2.75) is 51.0 Å². The average Bonchev–Trinajstić information content (AvgIpc) is 3.21. The van der Waals surface area contributed by atoms with Crippen LogP contribution in [0.3, 0.4) is 0 Å². The van der Waals surface area contributed by atoms with Crippen LogP contribution >= 0.6 is 15.9 Å². The van der Waals surface area contributed by atoms with Gasteiger partial charge in [-0.1, -0.05) is 18.2 Å². The summed E-state index contributed by atoms with van der Waals surface area (Å²) in [5.74, 6) is 0.870. The van der Waals surface area contributed by atoms with E-state index in [1.165, 1.54) is 6.07 Å². The number of benzene rings is 2. The second-order valence-corrected chi connectivity index (χ2v) is 9.03. The number of fused-ring (bicyclic) bond motifs is 1. The summed E-state index contributed by atoms with van der Waals surface area (Å²) in [6, 6.07) is 13.4. The fourth-order valence-corrected chi connectivity index (χ4v) is 5.13. The molecule has 156 valence electrons. The fourth-order valence-electron chi connectivity index (χ4n) is 4.75. The highest BCUT2D eigenvalue weighted by atomic mass is 79.9. The highest BCUT2D eigenvalue weighted by Crippen LogP contribution is 2.54. The van der Waals surface area contributed by atoms with E-state index in [9.17, 15) is 4.39 Å². The molecule has 1 aliphatic carbocycles. The van der Waals surface area contributed by atoms with Gasteiger partial charge in [0.25, 0.3) is 0 Å². The van der Waals surface area contributed by atoms with Gasteiger partial charge in [-0.15, -0.1) is 0 Å². The Labute approximate surface area is 180 Å². The van der Waals surface area contributed by atoms with E-state index < -0.39 is 0 Å². The normalized spacial score (nSPS) is 26.8. The van der Waals surface area contributed by atoms with Gasteiger partial charge in [0, 0.05) is 5.92 Å². The molecule has 4 rings (SSSR count). The number of nitrogens with zero attached hydrogens (tertiary/aromatic N) is 1. The Morgan fingerprint density at radius 2 is 2.00 bits per heavy atom. The van der Waals surface area contributed by atoms with Crippen LogP contribution in [0, 0.1) is 11.7 Å². The van der Waals surface area contributed by atoms with Crippen molar-refractivity contribution in [2.24, 2.45) is 5.92 Å². The minimum Gasteiger partial charge on any atom is -0.497 e. The summed E-state index contributed by atoms with van der Waals surface area (Å²) in [6.45, 7) is 5.43. The van der Waals surface area contributed by atoms with Crippen LogP contribution in [-0.2, 0) is 21.7 Å². The van der Waals surface area contributed by atoms with Gasteiger partial charge in [-0.25, -0.2) is 4.39 Å². The van der Waals surface area contributed by atoms with E-state index in [0.29, 0.717) is 23.5 Å². The van der Waals surface area contributed by atoms with Gasteiger partial charge in [0.05, 0.1) is 42.5 Å². The number of hydrogen-bond donors (Lipinski definition) is 0. The highest BCUT2D eigenvalue weighted by molar-refractivity contribution is 9.10. The van der Waals surface area contributed by atoms with Crippen LogP contribution in [0.2, 0.25) is 0 Å². The monoisotopic (exact) mass is 463 g/mol. The number of ether oxygens (including phenoxy) is 2. The molecule has 4 nitrogen and oxygen atoms in total. The van der Waals surface area contributed by atoms with Crippen molar-refractivity contribution in [3.05, 3.63) is 63.9 Å². The van der Waals surface area contributed by atoms with Crippen molar-refractivity contribution in [2.75, 3.05) is 13.7 Å². The molecule has 2 aromatic carbocycles. The summed E-state index contributed by atoms with van der Waals surface area (Å²) < 4.78 is 25.9. The summed E-state index contributed by atoms with van der Waals surface area (Å²) in [4.78, 5) is 6.20. The molecule has 1 saturated heterocycles. The van der Waals surface area contributed by atoms with Crippen LogP contribution in [0.5, 0.6) is 5.75 Å². The molecule has 0 bridgehead atoms. The summed E-state index contributed by atoms with van der Waals surface area (Å²) >= 11 is 3.37. The maximum absolute atomic E-state index is 14.0. The molecule has 2 aliphatic rings. The van der Waals surface area contributed by atoms with Crippen molar-refractivity contribution < 1.29 is 18.7 Å². The van der Waals surface area contributed by atoms with Crippen LogP contribution in [0.4, 0.5) is 4.39 Å². The van der Waals surface area contributed by atoms with Gasteiger partial charge in [-0.2, -0.15) is 5.06 Å². The van der Waals surface area contributed by atoms with Crippen molar-refractivity contribution in [1.82, 2.24) is 5.06 Å². The summed E-state index contributed by atoms with van der Waals surface area (Å²) in [5.41, 5.74) is 1.87. The Morgan fingerprint density at radius 1 is 1.24 bits per heavy atom. The van der Waals surface area contributed by atoms with E-state index in [2.05, 4.69) is 47.0 Å².